The molecule has 0 radical (unpaired) electrons. The lowest BCUT2D eigenvalue weighted by Crippen LogP contribution is -2.00. The first-order chi connectivity index (χ1) is 12.2. The van der Waals surface area contributed by atoms with Gasteiger partial charge in [0.05, 0.1) is 16.8 Å². The van der Waals surface area contributed by atoms with Crippen molar-refractivity contribution in [2.75, 3.05) is 0 Å². The Bertz CT molecular complexity index is 1060. The molecule has 0 unspecified atom stereocenters. The number of nitrogens with zero attached hydrogens (tertiary/aromatic N) is 2. The Labute approximate surface area is 144 Å². The van der Waals surface area contributed by atoms with Gasteiger partial charge in [0.1, 0.15) is 0 Å². The van der Waals surface area contributed by atoms with E-state index in [0.717, 1.165) is 16.7 Å². The molecule has 2 aromatic carbocycles. The number of carbonyl (C=O) groups is 1. The van der Waals surface area contributed by atoms with Crippen LogP contribution < -0.4 is 0 Å². The molecule has 0 atom stereocenters. The third-order valence-electron chi connectivity index (χ3n) is 4.14. The summed E-state index contributed by atoms with van der Waals surface area (Å²) in [6.07, 6.45) is 3.51. The number of pyridine rings is 2. The summed E-state index contributed by atoms with van der Waals surface area (Å²) < 4.78 is 0. The van der Waals surface area contributed by atoms with Gasteiger partial charge in [-0.3, -0.25) is 4.98 Å². The fraction of sp³-hybridized carbons (Fsp3) is 0. The van der Waals surface area contributed by atoms with Gasteiger partial charge in [-0.2, -0.15) is 0 Å². The Morgan fingerprint density at radius 1 is 0.800 bits per heavy atom. The number of hydrogen-bond donors (Lipinski definition) is 1. The molecule has 25 heavy (non-hydrogen) atoms. The quantitative estimate of drug-likeness (QED) is 0.594. The summed E-state index contributed by atoms with van der Waals surface area (Å²) >= 11 is 0. The summed E-state index contributed by atoms with van der Waals surface area (Å²) in [6, 6.07) is 20.7. The van der Waals surface area contributed by atoms with Crippen molar-refractivity contribution in [2.24, 2.45) is 0 Å². The van der Waals surface area contributed by atoms with E-state index in [-0.39, 0.29) is 5.56 Å². The molecule has 0 aliphatic carbocycles. The standard InChI is InChI=1S/C21H14N2O2/c24-21(25)18-13-20(23-19-4-2-1-3-17(18)19)16-7-5-14(6-8-16)15-9-11-22-12-10-15/h1-13H,(H,24,25). The van der Waals surface area contributed by atoms with Gasteiger partial charge in [-0.1, -0.05) is 42.5 Å². The van der Waals surface area contributed by atoms with Crippen LogP contribution in [0.5, 0.6) is 0 Å². The monoisotopic (exact) mass is 326 g/mol. The van der Waals surface area contributed by atoms with Crippen LogP contribution in [0.4, 0.5) is 0 Å². The van der Waals surface area contributed by atoms with Gasteiger partial charge >= 0.3 is 5.97 Å². The van der Waals surface area contributed by atoms with Crippen LogP contribution in [0.2, 0.25) is 0 Å². The molecule has 4 heteroatoms. The number of aromatic nitrogens is 2. The van der Waals surface area contributed by atoms with Crippen molar-refractivity contribution in [2.45, 2.75) is 0 Å². The zero-order valence-electron chi connectivity index (χ0n) is 13.3. The topological polar surface area (TPSA) is 63.1 Å². The maximum atomic E-state index is 11.6. The molecule has 0 bridgehead atoms. The van der Waals surface area contributed by atoms with Crippen molar-refractivity contribution < 1.29 is 9.90 Å². The molecule has 4 aromatic rings. The van der Waals surface area contributed by atoms with E-state index in [1.54, 1.807) is 24.5 Å². The van der Waals surface area contributed by atoms with E-state index >= 15 is 0 Å². The molecule has 0 spiro atoms. The second-order valence-electron chi connectivity index (χ2n) is 5.69. The molecule has 4 rings (SSSR count). The number of fused-ring (bicyclic) bond motifs is 1. The Kier molecular flexibility index (Phi) is 3.71. The second-order valence-corrected chi connectivity index (χ2v) is 5.69. The van der Waals surface area contributed by atoms with E-state index in [2.05, 4.69) is 9.97 Å². The first-order valence-electron chi connectivity index (χ1n) is 7.86. The number of hydrogen-bond acceptors (Lipinski definition) is 3. The summed E-state index contributed by atoms with van der Waals surface area (Å²) in [6.45, 7) is 0. The van der Waals surface area contributed by atoms with Crippen LogP contribution in [-0.2, 0) is 0 Å². The van der Waals surface area contributed by atoms with Gasteiger partial charge < -0.3 is 5.11 Å². The molecule has 0 amide bonds. The number of aromatic carboxylic acids is 1. The maximum Gasteiger partial charge on any atom is 0.336 e. The summed E-state index contributed by atoms with van der Waals surface area (Å²) in [7, 11) is 0. The van der Waals surface area contributed by atoms with Crippen molar-refractivity contribution in [1.29, 1.82) is 0 Å². The third kappa shape index (κ3) is 2.85. The van der Waals surface area contributed by atoms with E-state index in [1.807, 2.05) is 54.6 Å². The zero-order valence-corrected chi connectivity index (χ0v) is 13.3. The van der Waals surface area contributed by atoms with Crippen LogP contribution >= 0.6 is 0 Å². The minimum absolute atomic E-state index is 0.263. The smallest absolute Gasteiger partial charge is 0.336 e. The number of carboxylic acids is 1. The SMILES string of the molecule is O=C(O)c1cc(-c2ccc(-c3ccncc3)cc2)nc2ccccc12. The average molecular weight is 326 g/mol. The molecule has 0 fully saturated rings. The van der Waals surface area contributed by atoms with E-state index in [0.29, 0.717) is 16.6 Å². The Balaban J connectivity index is 1.81. The molecule has 0 saturated heterocycles. The van der Waals surface area contributed by atoms with Crippen LogP contribution in [0.25, 0.3) is 33.3 Å². The molecule has 0 aliphatic heterocycles. The fourth-order valence-corrected chi connectivity index (χ4v) is 2.88. The van der Waals surface area contributed by atoms with Crippen molar-refractivity contribution in [3.8, 4) is 22.4 Å². The van der Waals surface area contributed by atoms with E-state index < -0.39 is 5.97 Å². The van der Waals surface area contributed by atoms with Gasteiger partial charge in [0, 0.05) is 23.3 Å². The predicted octanol–water partition coefficient (Wildman–Crippen LogP) is 4.66. The number of benzene rings is 2. The van der Waals surface area contributed by atoms with Crippen molar-refractivity contribution in [3.05, 3.63) is 84.7 Å². The Morgan fingerprint density at radius 2 is 1.44 bits per heavy atom. The van der Waals surface area contributed by atoms with Gasteiger partial charge in [0.15, 0.2) is 0 Å². The van der Waals surface area contributed by atoms with E-state index in [9.17, 15) is 9.90 Å². The van der Waals surface area contributed by atoms with Crippen LogP contribution in [0.15, 0.2) is 79.1 Å². The highest BCUT2D eigenvalue weighted by Gasteiger charge is 2.12. The highest BCUT2D eigenvalue weighted by atomic mass is 16.4. The van der Waals surface area contributed by atoms with Gasteiger partial charge in [0.25, 0.3) is 0 Å². The third-order valence-corrected chi connectivity index (χ3v) is 4.14. The van der Waals surface area contributed by atoms with E-state index in [1.165, 1.54) is 0 Å². The highest BCUT2D eigenvalue weighted by molar-refractivity contribution is 6.03. The molecule has 120 valence electrons. The van der Waals surface area contributed by atoms with Crippen LogP contribution in [0.3, 0.4) is 0 Å². The lowest BCUT2D eigenvalue weighted by atomic mass is 10.0. The van der Waals surface area contributed by atoms with Crippen molar-refractivity contribution in [3.63, 3.8) is 0 Å². The molecule has 1 N–H and O–H groups in total. The van der Waals surface area contributed by atoms with Gasteiger partial charge in [-0.15, -0.1) is 0 Å². The average Bonchev–Trinajstić information content (AvgIpc) is 2.68. The highest BCUT2D eigenvalue weighted by Crippen LogP contribution is 2.27. The Hall–Kier alpha value is -3.53. The van der Waals surface area contributed by atoms with E-state index in [4.69, 9.17) is 0 Å². The first kappa shape index (κ1) is 15.0. The molecular formula is C21H14N2O2. The molecule has 2 heterocycles. The van der Waals surface area contributed by atoms with Crippen LogP contribution in [-0.4, -0.2) is 21.0 Å². The van der Waals surface area contributed by atoms with Gasteiger partial charge in [0.2, 0.25) is 0 Å². The predicted molar refractivity (Wildman–Crippen MR) is 97.4 cm³/mol. The van der Waals surface area contributed by atoms with Crippen LogP contribution in [0, 0.1) is 0 Å². The first-order valence-corrected chi connectivity index (χ1v) is 7.86. The fourth-order valence-electron chi connectivity index (χ4n) is 2.88. The summed E-state index contributed by atoms with van der Waals surface area (Å²) in [5, 5.41) is 10.2. The lowest BCUT2D eigenvalue weighted by Gasteiger charge is -2.08. The number of para-hydroxylation sites is 1. The Morgan fingerprint density at radius 3 is 2.16 bits per heavy atom. The number of rotatable bonds is 3. The van der Waals surface area contributed by atoms with Gasteiger partial charge in [-0.25, -0.2) is 9.78 Å². The minimum atomic E-state index is -0.951. The maximum absolute atomic E-state index is 11.6. The summed E-state index contributed by atoms with van der Waals surface area (Å²) in [4.78, 5) is 20.2. The zero-order chi connectivity index (χ0) is 17.2. The summed E-state index contributed by atoms with van der Waals surface area (Å²) in [5.74, 6) is -0.951. The molecule has 2 aromatic heterocycles. The van der Waals surface area contributed by atoms with Crippen molar-refractivity contribution >= 4 is 16.9 Å². The normalized spacial score (nSPS) is 10.7. The van der Waals surface area contributed by atoms with Gasteiger partial charge in [-0.05, 0) is 35.4 Å². The lowest BCUT2D eigenvalue weighted by molar-refractivity contribution is 0.0699. The number of carboxylic acid groups (broad SMARTS) is 1. The molecular weight excluding hydrogens is 312 g/mol. The second kappa shape index (κ2) is 6.17. The molecule has 0 saturated carbocycles. The molecule has 4 nitrogen and oxygen atoms in total. The minimum Gasteiger partial charge on any atom is -0.478 e. The largest absolute Gasteiger partial charge is 0.478 e. The molecule has 0 aliphatic rings. The van der Waals surface area contributed by atoms with Crippen molar-refractivity contribution in [1.82, 2.24) is 9.97 Å². The van der Waals surface area contributed by atoms with Crippen LogP contribution in [0.1, 0.15) is 10.4 Å². The summed E-state index contributed by atoms with van der Waals surface area (Å²) in [5.41, 5.74) is 4.63.